The van der Waals surface area contributed by atoms with Crippen LogP contribution in [0.2, 0.25) is 0 Å². The van der Waals surface area contributed by atoms with E-state index in [1.807, 2.05) is 0 Å². The largest absolute Gasteiger partial charge is 0.478 e. The molecule has 7 heteroatoms. The summed E-state index contributed by atoms with van der Waals surface area (Å²) >= 11 is 0. The zero-order valence-corrected chi connectivity index (χ0v) is 8.83. The van der Waals surface area contributed by atoms with Crippen molar-refractivity contribution in [3.8, 4) is 0 Å². The van der Waals surface area contributed by atoms with Gasteiger partial charge >= 0.3 is 12.1 Å². The number of benzene rings is 1. The highest BCUT2D eigenvalue weighted by Gasteiger charge is 2.29. The first-order chi connectivity index (χ1) is 8.28. The minimum atomic E-state index is -4.51. The van der Waals surface area contributed by atoms with E-state index < -0.39 is 24.5 Å². The van der Waals surface area contributed by atoms with Crippen LogP contribution in [-0.2, 0) is 6.54 Å². The maximum absolute atomic E-state index is 13.0. The van der Waals surface area contributed by atoms with E-state index >= 15 is 0 Å². The second kappa shape index (κ2) is 4.01. The van der Waals surface area contributed by atoms with Crippen LogP contribution < -0.4 is 0 Å². The third-order valence-corrected chi connectivity index (χ3v) is 2.42. The zero-order valence-electron chi connectivity index (χ0n) is 8.83. The molecule has 0 aliphatic rings. The number of alkyl halides is 3. The number of hydrogen-bond donors (Lipinski definition) is 1. The van der Waals surface area contributed by atoms with Crippen molar-refractivity contribution < 1.29 is 27.5 Å². The van der Waals surface area contributed by atoms with E-state index in [2.05, 4.69) is 0 Å². The van der Waals surface area contributed by atoms with Crippen LogP contribution >= 0.6 is 0 Å². The average Bonchev–Trinajstić information content (AvgIpc) is 2.54. The van der Waals surface area contributed by atoms with E-state index in [9.17, 15) is 22.4 Å². The SMILES string of the molecule is O=C(O)c1cn(CC(F)(F)F)c2cc(F)ccc12. The molecule has 2 rings (SSSR count). The molecule has 1 aromatic heterocycles. The molecule has 1 N–H and O–H groups in total. The van der Waals surface area contributed by atoms with Gasteiger partial charge in [-0.25, -0.2) is 9.18 Å². The Morgan fingerprint density at radius 2 is 2.00 bits per heavy atom. The van der Waals surface area contributed by atoms with Crippen LogP contribution in [0.4, 0.5) is 17.6 Å². The van der Waals surface area contributed by atoms with E-state index in [1.165, 1.54) is 0 Å². The third kappa shape index (κ3) is 2.29. The van der Waals surface area contributed by atoms with Gasteiger partial charge in [0, 0.05) is 11.6 Å². The van der Waals surface area contributed by atoms with Crippen LogP contribution in [0, 0.1) is 5.82 Å². The molecule has 18 heavy (non-hydrogen) atoms. The van der Waals surface area contributed by atoms with Crippen LogP contribution in [0.5, 0.6) is 0 Å². The van der Waals surface area contributed by atoms with Crippen LogP contribution in [0.3, 0.4) is 0 Å². The highest BCUT2D eigenvalue weighted by atomic mass is 19.4. The van der Waals surface area contributed by atoms with E-state index in [0.717, 1.165) is 24.4 Å². The summed E-state index contributed by atoms with van der Waals surface area (Å²) in [5.41, 5.74) is -0.376. The van der Waals surface area contributed by atoms with Gasteiger partial charge in [0.2, 0.25) is 0 Å². The Labute approximate surface area is 98.2 Å². The predicted molar refractivity (Wildman–Crippen MR) is 54.9 cm³/mol. The van der Waals surface area contributed by atoms with Gasteiger partial charge in [-0.15, -0.1) is 0 Å². The zero-order chi connectivity index (χ0) is 13.5. The highest BCUT2D eigenvalue weighted by molar-refractivity contribution is 6.03. The standard InChI is InChI=1S/C11H7F4NO2/c12-6-1-2-7-8(10(17)18)4-16(9(7)3-6)5-11(13,14)15/h1-4H,5H2,(H,17,18). The number of halogens is 4. The Morgan fingerprint density at radius 1 is 1.33 bits per heavy atom. The van der Waals surface area contributed by atoms with E-state index in [0.29, 0.717) is 4.57 Å². The number of rotatable bonds is 2. The molecule has 0 spiro atoms. The van der Waals surface area contributed by atoms with E-state index in [-0.39, 0.29) is 16.5 Å². The summed E-state index contributed by atoms with van der Waals surface area (Å²) in [6.45, 7) is -1.36. The van der Waals surface area contributed by atoms with Crippen LogP contribution in [0.15, 0.2) is 24.4 Å². The number of aromatic nitrogens is 1. The molecule has 1 aromatic carbocycles. The number of nitrogens with zero attached hydrogens (tertiary/aromatic N) is 1. The summed E-state index contributed by atoms with van der Waals surface area (Å²) in [5, 5.41) is 8.95. The molecule has 0 aliphatic carbocycles. The Morgan fingerprint density at radius 3 is 2.56 bits per heavy atom. The molecule has 0 atom stereocenters. The maximum atomic E-state index is 13.0. The molecule has 0 radical (unpaired) electrons. The maximum Gasteiger partial charge on any atom is 0.406 e. The first kappa shape index (κ1) is 12.4. The van der Waals surface area contributed by atoms with E-state index in [1.54, 1.807) is 0 Å². The Balaban J connectivity index is 2.65. The number of carboxylic acids is 1. The third-order valence-electron chi connectivity index (χ3n) is 2.42. The molecule has 1 heterocycles. The molecule has 0 saturated carbocycles. The van der Waals surface area contributed by atoms with Crippen LogP contribution in [0.25, 0.3) is 10.9 Å². The first-order valence-electron chi connectivity index (χ1n) is 4.86. The van der Waals surface area contributed by atoms with Crippen molar-refractivity contribution in [2.24, 2.45) is 0 Å². The number of carbonyl (C=O) groups is 1. The summed E-state index contributed by atoms with van der Waals surface area (Å²) in [6.07, 6.45) is -3.64. The molecule has 0 unspecified atom stereocenters. The summed E-state index contributed by atoms with van der Waals surface area (Å²) in [6, 6.07) is 3.04. The predicted octanol–water partition coefficient (Wildman–Crippen LogP) is 3.04. The number of fused-ring (bicyclic) bond motifs is 1. The van der Waals surface area contributed by atoms with Crippen molar-refractivity contribution in [2.45, 2.75) is 12.7 Å². The lowest BCUT2D eigenvalue weighted by Crippen LogP contribution is -2.16. The monoisotopic (exact) mass is 261 g/mol. The van der Waals surface area contributed by atoms with Gasteiger partial charge in [0.15, 0.2) is 0 Å². The fourth-order valence-corrected chi connectivity index (χ4v) is 1.76. The molecule has 0 aliphatic heterocycles. The Hall–Kier alpha value is -2.05. The number of hydrogen-bond acceptors (Lipinski definition) is 1. The Bertz CT molecular complexity index is 615. The minimum absolute atomic E-state index is 0.0770. The summed E-state index contributed by atoms with van der Waals surface area (Å²) < 4.78 is 50.7. The fourth-order valence-electron chi connectivity index (χ4n) is 1.76. The van der Waals surface area contributed by atoms with Crippen molar-refractivity contribution in [1.29, 1.82) is 0 Å². The lowest BCUT2D eigenvalue weighted by atomic mass is 10.2. The Kier molecular flexibility index (Phi) is 2.76. The lowest BCUT2D eigenvalue weighted by molar-refractivity contribution is -0.139. The van der Waals surface area contributed by atoms with Crippen molar-refractivity contribution >= 4 is 16.9 Å². The van der Waals surface area contributed by atoms with Gasteiger partial charge in [-0.05, 0) is 18.2 Å². The van der Waals surface area contributed by atoms with Gasteiger partial charge in [0.1, 0.15) is 12.4 Å². The van der Waals surface area contributed by atoms with Crippen molar-refractivity contribution in [1.82, 2.24) is 4.57 Å². The number of carboxylic acid groups (broad SMARTS) is 1. The molecular formula is C11H7F4NO2. The second-order valence-electron chi connectivity index (χ2n) is 3.75. The molecule has 0 saturated heterocycles. The van der Waals surface area contributed by atoms with Crippen molar-refractivity contribution in [2.75, 3.05) is 0 Å². The van der Waals surface area contributed by atoms with Crippen LogP contribution in [0.1, 0.15) is 10.4 Å². The molecule has 3 nitrogen and oxygen atoms in total. The smallest absolute Gasteiger partial charge is 0.406 e. The molecule has 0 fully saturated rings. The second-order valence-corrected chi connectivity index (χ2v) is 3.75. The molecular weight excluding hydrogens is 254 g/mol. The topological polar surface area (TPSA) is 42.2 Å². The van der Waals surface area contributed by atoms with E-state index in [4.69, 9.17) is 5.11 Å². The van der Waals surface area contributed by atoms with Crippen LogP contribution in [-0.4, -0.2) is 21.8 Å². The van der Waals surface area contributed by atoms with Gasteiger partial charge in [-0.1, -0.05) is 0 Å². The quantitative estimate of drug-likeness (QED) is 0.844. The van der Waals surface area contributed by atoms with Gasteiger partial charge in [-0.2, -0.15) is 13.2 Å². The first-order valence-corrected chi connectivity index (χ1v) is 4.86. The number of aromatic carboxylic acids is 1. The summed E-state index contributed by atoms with van der Waals surface area (Å²) in [5.74, 6) is -2.08. The minimum Gasteiger partial charge on any atom is -0.478 e. The van der Waals surface area contributed by atoms with Gasteiger partial charge in [-0.3, -0.25) is 0 Å². The normalized spacial score (nSPS) is 12.0. The summed E-state index contributed by atoms with van der Waals surface area (Å²) in [7, 11) is 0. The van der Waals surface area contributed by atoms with Gasteiger partial charge in [0.25, 0.3) is 0 Å². The average molecular weight is 261 g/mol. The molecule has 2 aromatic rings. The van der Waals surface area contributed by atoms with Crippen molar-refractivity contribution in [3.63, 3.8) is 0 Å². The summed E-state index contributed by atoms with van der Waals surface area (Å²) in [4.78, 5) is 10.9. The van der Waals surface area contributed by atoms with Gasteiger partial charge < -0.3 is 9.67 Å². The molecule has 0 amide bonds. The van der Waals surface area contributed by atoms with Crippen molar-refractivity contribution in [3.05, 3.63) is 35.8 Å². The molecule has 0 bridgehead atoms. The lowest BCUT2D eigenvalue weighted by Gasteiger charge is -2.08. The fraction of sp³-hybridized carbons (Fsp3) is 0.182. The van der Waals surface area contributed by atoms with Gasteiger partial charge in [0.05, 0.1) is 11.1 Å². The highest BCUT2D eigenvalue weighted by Crippen LogP contribution is 2.26. The molecule has 96 valence electrons.